The van der Waals surface area contributed by atoms with Crippen LogP contribution in [0.3, 0.4) is 0 Å². The van der Waals surface area contributed by atoms with Crippen molar-refractivity contribution in [3.05, 3.63) is 96.3 Å². The van der Waals surface area contributed by atoms with Crippen molar-refractivity contribution in [1.82, 2.24) is 14.8 Å². The largest absolute Gasteiger partial charge is 0.447 e. The van der Waals surface area contributed by atoms with Crippen LogP contribution in [0.5, 0.6) is 0 Å². The summed E-state index contributed by atoms with van der Waals surface area (Å²) in [4.78, 5) is 32.0. The van der Waals surface area contributed by atoms with E-state index in [1.165, 1.54) is 0 Å². The summed E-state index contributed by atoms with van der Waals surface area (Å²) in [7, 11) is 0. The fraction of sp³-hybridized carbons (Fsp3) is 0.154. The average Bonchev–Trinajstić information content (AvgIpc) is 3.50. The molecule has 1 amide bonds. The van der Waals surface area contributed by atoms with Crippen LogP contribution in [-0.4, -0.2) is 39.3 Å². The van der Waals surface area contributed by atoms with E-state index in [0.29, 0.717) is 12.4 Å². The zero-order valence-corrected chi connectivity index (χ0v) is 18.1. The lowest BCUT2D eigenvalue weighted by atomic mass is 10.2. The molecule has 7 heteroatoms. The maximum absolute atomic E-state index is 13.0. The lowest BCUT2D eigenvalue weighted by Gasteiger charge is -2.21. The molecule has 0 saturated heterocycles. The zero-order valence-electron chi connectivity index (χ0n) is 18.1. The number of carbonyl (C=O) groups excluding carboxylic acids is 2. The molecule has 4 aromatic rings. The van der Waals surface area contributed by atoms with Crippen molar-refractivity contribution in [2.45, 2.75) is 19.4 Å². The molecule has 0 unspecified atom stereocenters. The number of amides is 1. The first-order valence-electron chi connectivity index (χ1n) is 10.8. The van der Waals surface area contributed by atoms with Gasteiger partial charge in [-0.1, -0.05) is 66.7 Å². The zero-order chi connectivity index (χ0) is 22.8. The summed E-state index contributed by atoms with van der Waals surface area (Å²) < 4.78 is 7.10. The molecule has 1 aliphatic heterocycles. The Hall–Kier alpha value is -4.26. The smallest absolute Gasteiger partial charge is 0.379 e. The van der Waals surface area contributed by atoms with Gasteiger partial charge in [0.25, 0.3) is 11.7 Å². The van der Waals surface area contributed by atoms with Crippen LogP contribution in [-0.2, 0) is 16.0 Å². The molecule has 33 heavy (non-hydrogen) atoms. The second-order valence-corrected chi connectivity index (χ2v) is 7.79. The quantitative estimate of drug-likeness (QED) is 0.439. The lowest BCUT2D eigenvalue weighted by molar-refractivity contribution is -0.126. The van der Waals surface area contributed by atoms with E-state index < -0.39 is 12.1 Å². The second-order valence-electron chi connectivity index (χ2n) is 7.79. The van der Waals surface area contributed by atoms with Gasteiger partial charge in [0.15, 0.2) is 11.9 Å². The predicted molar refractivity (Wildman–Crippen MR) is 124 cm³/mol. The molecule has 1 atom stereocenters. The van der Waals surface area contributed by atoms with Crippen LogP contribution in [0.1, 0.15) is 23.1 Å². The Kier molecular flexibility index (Phi) is 5.44. The van der Waals surface area contributed by atoms with Crippen LogP contribution >= 0.6 is 0 Å². The molecule has 7 nitrogen and oxygen atoms in total. The van der Waals surface area contributed by atoms with Gasteiger partial charge in [0.1, 0.15) is 0 Å². The molecule has 0 aliphatic carbocycles. The van der Waals surface area contributed by atoms with Crippen LogP contribution in [0.2, 0.25) is 0 Å². The number of hydrogen-bond donors (Lipinski definition) is 0. The topological polar surface area (TPSA) is 77.3 Å². The molecular weight excluding hydrogens is 416 g/mol. The Morgan fingerprint density at radius 1 is 0.909 bits per heavy atom. The van der Waals surface area contributed by atoms with Crippen molar-refractivity contribution >= 4 is 17.6 Å². The Bertz CT molecular complexity index is 1240. The number of carbonyl (C=O) groups is 2. The maximum Gasteiger partial charge on any atom is 0.379 e. The Labute approximate surface area is 191 Å². The SMILES string of the molecule is C[C@H](OC(=O)c1nc(-c2ccccc2)n(-c2ccccc2)n1)C(=O)N1CCc2ccccc21. The van der Waals surface area contributed by atoms with E-state index >= 15 is 0 Å². The Morgan fingerprint density at radius 2 is 1.58 bits per heavy atom. The molecule has 3 aromatic carbocycles. The molecular formula is C26H22N4O3. The molecule has 0 bridgehead atoms. The number of anilines is 1. The van der Waals surface area contributed by atoms with E-state index in [2.05, 4.69) is 10.1 Å². The van der Waals surface area contributed by atoms with Crippen LogP contribution < -0.4 is 4.90 Å². The minimum Gasteiger partial charge on any atom is -0.447 e. The number of benzene rings is 3. The minimum atomic E-state index is -0.965. The van der Waals surface area contributed by atoms with E-state index in [9.17, 15) is 9.59 Å². The number of para-hydroxylation sites is 2. The van der Waals surface area contributed by atoms with E-state index in [0.717, 1.165) is 28.9 Å². The molecule has 2 heterocycles. The average molecular weight is 438 g/mol. The van der Waals surface area contributed by atoms with Gasteiger partial charge in [-0.25, -0.2) is 14.5 Å². The summed E-state index contributed by atoms with van der Waals surface area (Å²) in [5.74, 6) is -0.588. The number of esters is 1. The van der Waals surface area contributed by atoms with Crippen LogP contribution in [0, 0.1) is 0 Å². The summed E-state index contributed by atoms with van der Waals surface area (Å²) >= 11 is 0. The number of aromatic nitrogens is 3. The van der Waals surface area contributed by atoms with Crippen molar-refractivity contribution in [2.75, 3.05) is 11.4 Å². The molecule has 164 valence electrons. The van der Waals surface area contributed by atoms with Crippen molar-refractivity contribution in [2.24, 2.45) is 0 Å². The molecule has 5 rings (SSSR count). The molecule has 0 fully saturated rings. The van der Waals surface area contributed by atoms with Crippen LogP contribution in [0.15, 0.2) is 84.9 Å². The number of rotatable bonds is 5. The van der Waals surface area contributed by atoms with Gasteiger partial charge in [0.05, 0.1) is 5.69 Å². The van der Waals surface area contributed by atoms with E-state index in [-0.39, 0.29) is 11.7 Å². The van der Waals surface area contributed by atoms with Gasteiger partial charge in [-0.3, -0.25) is 4.79 Å². The number of fused-ring (bicyclic) bond motifs is 1. The van der Waals surface area contributed by atoms with Gasteiger partial charge < -0.3 is 9.64 Å². The van der Waals surface area contributed by atoms with Crippen molar-refractivity contribution in [3.8, 4) is 17.1 Å². The van der Waals surface area contributed by atoms with Crippen LogP contribution in [0.25, 0.3) is 17.1 Å². The van der Waals surface area contributed by atoms with Gasteiger partial charge in [-0.2, -0.15) is 0 Å². The van der Waals surface area contributed by atoms with Crippen molar-refractivity contribution in [1.29, 1.82) is 0 Å². The first kappa shape index (κ1) is 20.6. The third-order valence-corrected chi connectivity index (χ3v) is 5.61. The van der Waals surface area contributed by atoms with Crippen molar-refractivity contribution < 1.29 is 14.3 Å². The molecule has 0 N–H and O–H groups in total. The molecule has 0 radical (unpaired) electrons. The van der Waals surface area contributed by atoms with Gasteiger partial charge >= 0.3 is 5.97 Å². The molecule has 0 saturated carbocycles. The highest BCUT2D eigenvalue weighted by molar-refractivity contribution is 6.00. The monoisotopic (exact) mass is 438 g/mol. The van der Waals surface area contributed by atoms with E-state index in [1.807, 2.05) is 84.9 Å². The van der Waals surface area contributed by atoms with Crippen LogP contribution in [0.4, 0.5) is 5.69 Å². The number of ether oxygens (including phenoxy) is 1. The fourth-order valence-corrected chi connectivity index (χ4v) is 3.97. The van der Waals surface area contributed by atoms with Gasteiger partial charge in [-0.15, -0.1) is 5.10 Å². The van der Waals surface area contributed by atoms with Gasteiger partial charge in [-0.05, 0) is 37.1 Å². The molecule has 1 aliphatic rings. The highest BCUT2D eigenvalue weighted by Gasteiger charge is 2.31. The molecule has 0 spiro atoms. The lowest BCUT2D eigenvalue weighted by Crippen LogP contribution is -2.39. The summed E-state index contributed by atoms with van der Waals surface area (Å²) in [5, 5.41) is 4.41. The van der Waals surface area contributed by atoms with Crippen molar-refractivity contribution in [3.63, 3.8) is 0 Å². The van der Waals surface area contributed by atoms with E-state index in [1.54, 1.807) is 16.5 Å². The first-order valence-corrected chi connectivity index (χ1v) is 10.8. The minimum absolute atomic E-state index is 0.0980. The van der Waals surface area contributed by atoms with Gasteiger partial charge in [0, 0.05) is 17.8 Å². The standard InChI is InChI=1S/C26H22N4O3/c1-18(25(31)29-17-16-19-10-8-9-15-22(19)29)33-26(32)23-27-24(20-11-4-2-5-12-20)30(28-23)21-13-6-3-7-14-21/h2-15,18H,16-17H2,1H3/t18-/m0/s1. The number of nitrogens with zero attached hydrogens (tertiary/aromatic N) is 4. The third-order valence-electron chi connectivity index (χ3n) is 5.61. The number of hydrogen-bond acceptors (Lipinski definition) is 5. The first-order chi connectivity index (χ1) is 16.1. The Morgan fingerprint density at radius 3 is 2.33 bits per heavy atom. The molecule has 1 aromatic heterocycles. The summed E-state index contributed by atoms with van der Waals surface area (Å²) in [6.45, 7) is 2.15. The fourth-order valence-electron chi connectivity index (χ4n) is 3.97. The van der Waals surface area contributed by atoms with Gasteiger partial charge in [0.2, 0.25) is 0 Å². The maximum atomic E-state index is 13.0. The van der Waals surface area contributed by atoms with E-state index in [4.69, 9.17) is 4.74 Å². The third kappa shape index (κ3) is 4.01. The highest BCUT2D eigenvalue weighted by atomic mass is 16.5. The summed E-state index contributed by atoms with van der Waals surface area (Å²) in [5.41, 5.74) is 3.55. The summed E-state index contributed by atoms with van der Waals surface area (Å²) in [6.07, 6.45) is -0.181. The predicted octanol–water partition coefficient (Wildman–Crippen LogP) is 4.07. The normalized spacial score (nSPS) is 13.4. The summed E-state index contributed by atoms with van der Waals surface area (Å²) in [6, 6.07) is 26.7. The Balaban J connectivity index is 1.40. The second kappa shape index (κ2) is 8.70. The highest BCUT2D eigenvalue weighted by Crippen LogP contribution is 2.28.